The minimum absolute atomic E-state index is 0.198. The van der Waals surface area contributed by atoms with Crippen LogP contribution in [0.15, 0.2) is 66.2 Å². The minimum Gasteiger partial charge on any atom is -0.507 e. The first-order valence-corrected chi connectivity index (χ1v) is 13.2. The molecule has 1 unspecified atom stereocenters. The number of aromatic nitrogens is 1. The minimum atomic E-state index is -1.18. The van der Waals surface area contributed by atoms with E-state index in [2.05, 4.69) is 4.98 Å². The summed E-state index contributed by atoms with van der Waals surface area (Å²) in [6.07, 6.45) is 0. The second-order valence-electron chi connectivity index (χ2n) is 8.94. The molecule has 2 aliphatic rings. The number of amides is 1. The molecule has 1 saturated heterocycles. The van der Waals surface area contributed by atoms with Gasteiger partial charge in [0.2, 0.25) is 0 Å². The summed E-state index contributed by atoms with van der Waals surface area (Å²) in [7, 11) is 0. The standard InChI is InChI=1S/C28H21N3O8S/c1-2-37-18-7-8-19-22(14-18)40-28(29-19)30-24(15-4-3-5-17(12-15)31(35)36)23(26(33)27(30)34)25(32)16-6-9-20-21(13-16)39-11-10-38-20/h3-9,12-14,24,32H,2,10-11H2,1H3/b25-23+. The summed E-state index contributed by atoms with van der Waals surface area (Å²) in [5, 5.41) is 23.2. The number of hydrogen-bond donors (Lipinski definition) is 1. The van der Waals surface area contributed by atoms with Crippen LogP contribution in [-0.4, -0.2) is 46.5 Å². The van der Waals surface area contributed by atoms with Crippen molar-refractivity contribution in [1.29, 1.82) is 0 Å². The van der Waals surface area contributed by atoms with Crippen molar-refractivity contribution in [1.82, 2.24) is 4.98 Å². The summed E-state index contributed by atoms with van der Waals surface area (Å²) in [5.74, 6) is -0.819. The van der Waals surface area contributed by atoms with E-state index in [-0.39, 0.29) is 27.5 Å². The Morgan fingerprint density at radius 2 is 1.93 bits per heavy atom. The lowest BCUT2D eigenvalue weighted by atomic mass is 9.95. The number of nitro groups is 1. The van der Waals surface area contributed by atoms with Crippen LogP contribution in [0, 0.1) is 10.1 Å². The SMILES string of the molecule is CCOc1ccc2nc(N3C(=O)C(=O)/C(=C(/O)c4ccc5c(c4)OCCO5)C3c3cccc([N+](=O)[O-])c3)sc2c1. The summed E-state index contributed by atoms with van der Waals surface area (Å²) < 4.78 is 17.4. The zero-order chi connectivity index (χ0) is 28.0. The van der Waals surface area contributed by atoms with Crippen molar-refractivity contribution in [3.05, 3.63) is 87.5 Å². The van der Waals surface area contributed by atoms with Crippen molar-refractivity contribution in [3.63, 3.8) is 0 Å². The van der Waals surface area contributed by atoms with E-state index >= 15 is 0 Å². The number of carbonyl (C=O) groups is 2. The molecule has 1 amide bonds. The van der Waals surface area contributed by atoms with Crippen molar-refractivity contribution < 1.29 is 33.8 Å². The monoisotopic (exact) mass is 559 g/mol. The van der Waals surface area contributed by atoms with Gasteiger partial charge in [0.05, 0.1) is 33.4 Å². The van der Waals surface area contributed by atoms with Gasteiger partial charge in [-0.15, -0.1) is 0 Å². The Morgan fingerprint density at radius 1 is 1.12 bits per heavy atom. The van der Waals surface area contributed by atoms with Gasteiger partial charge in [0.25, 0.3) is 11.5 Å². The summed E-state index contributed by atoms with van der Waals surface area (Å²) in [5.41, 5.74) is 0.615. The fourth-order valence-electron chi connectivity index (χ4n) is 4.75. The van der Waals surface area contributed by atoms with E-state index in [0.717, 1.165) is 11.3 Å². The second-order valence-corrected chi connectivity index (χ2v) is 9.95. The van der Waals surface area contributed by atoms with Crippen LogP contribution in [0.2, 0.25) is 0 Å². The van der Waals surface area contributed by atoms with Crippen molar-refractivity contribution in [2.75, 3.05) is 24.7 Å². The molecule has 6 rings (SSSR count). The normalized spacial score (nSPS) is 17.8. The average Bonchev–Trinajstić information content (AvgIpc) is 3.50. The van der Waals surface area contributed by atoms with Crippen LogP contribution in [0.1, 0.15) is 24.1 Å². The third-order valence-electron chi connectivity index (χ3n) is 6.52. The van der Waals surface area contributed by atoms with Crippen molar-refractivity contribution in [3.8, 4) is 17.2 Å². The zero-order valence-electron chi connectivity index (χ0n) is 21.0. The molecule has 0 aliphatic carbocycles. The maximum atomic E-state index is 13.5. The highest BCUT2D eigenvalue weighted by Gasteiger charge is 2.48. The van der Waals surface area contributed by atoms with E-state index in [4.69, 9.17) is 14.2 Å². The molecule has 1 aromatic heterocycles. The summed E-state index contributed by atoms with van der Waals surface area (Å²) >= 11 is 1.16. The first-order chi connectivity index (χ1) is 19.4. The highest BCUT2D eigenvalue weighted by atomic mass is 32.1. The Kier molecular flexibility index (Phi) is 6.31. The molecular formula is C28H21N3O8S. The Bertz CT molecular complexity index is 1730. The maximum Gasteiger partial charge on any atom is 0.301 e. The number of rotatable bonds is 6. The number of ketones is 1. The first-order valence-electron chi connectivity index (χ1n) is 12.3. The van der Waals surface area contributed by atoms with Gasteiger partial charge >= 0.3 is 5.91 Å². The van der Waals surface area contributed by atoms with E-state index in [0.29, 0.717) is 47.3 Å². The Balaban J connectivity index is 1.53. The van der Waals surface area contributed by atoms with E-state index in [9.17, 15) is 24.8 Å². The van der Waals surface area contributed by atoms with Crippen LogP contribution in [0.25, 0.3) is 16.0 Å². The number of non-ortho nitro benzene ring substituents is 1. The van der Waals surface area contributed by atoms with Crippen LogP contribution < -0.4 is 19.1 Å². The third-order valence-corrected chi connectivity index (χ3v) is 7.54. The Morgan fingerprint density at radius 3 is 2.70 bits per heavy atom. The van der Waals surface area contributed by atoms with Crippen molar-refractivity contribution >= 4 is 49.8 Å². The number of anilines is 1. The van der Waals surface area contributed by atoms with Gasteiger partial charge in [-0.3, -0.25) is 24.6 Å². The topological polar surface area (TPSA) is 141 Å². The van der Waals surface area contributed by atoms with Gasteiger partial charge in [0.1, 0.15) is 24.7 Å². The molecule has 40 heavy (non-hydrogen) atoms. The number of benzene rings is 3. The van der Waals surface area contributed by atoms with Crippen molar-refractivity contribution in [2.45, 2.75) is 13.0 Å². The van der Waals surface area contributed by atoms with Gasteiger partial charge in [-0.1, -0.05) is 23.5 Å². The second kappa shape index (κ2) is 9.97. The largest absolute Gasteiger partial charge is 0.507 e. The summed E-state index contributed by atoms with van der Waals surface area (Å²) in [4.78, 5) is 43.8. The van der Waals surface area contributed by atoms with E-state index in [1.807, 2.05) is 6.92 Å². The highest BCUT2D eigenvalue weighted by molar-refractivity contribution is 7.22. The number of ether oxygens (including phenoxy) is 3. The lowest BCUT2D eigenvalue weighted by Gasteiger charge is -2.23. The predicted octanol–water partition coefficient (Wildman–Crippen LogP) is 5.00. The molecule has 12 heteroatoms. The smallest absolute Gasteiger partial charge is 0.301 e. The third kappa shape index (κ3) is 4.28. The Hall–Kier alpha value is -4.97. The molecule has 4 aromatic rings. The first kappa shape index (κ1) is 25.3. The molecule has 0 saturated carbocycles. The van der Waals surface area contributed by atoms with Crippen LogP contribution in [-0.2, 0) is 9.59 Å². The molecule has 0 spiro atoms. The highest BCUT2D eigenvalue weighted by Crippen LogP contribution is 2.45. The van der Waals surface area contributed by atoms with Gasteiger partial charge in [0, 0.05) is 17.7 Å². The number of carbonyl (C=O) groups excluding carboxylic acids is 2. The molecule has 3 heterocycles. The maximum absolute atomic E-state index is 13.5. The fourth-order valence-corrected chi connectivity index (χ4v) is 5.77. The number of hydrogen-bond acceptors (Lipinski definition) is 10. The lowest BCUT2D eigenvalue weighted by molar-refractivity contribution is -0.384. The van der Waals surface area contributed by atoms with Crippen molar-refractivity contribution in [2.24, 2.45) is 0 Å². The van der Waals surface area contributed by atoms with E-state index in [1.54, 1.807) is 36.4 Å². The van der Waals surface area contributed by atoms with Crippen LogP contribution in [0.4, 0.5) is 10.8 Å². The number of Topliss-reactive ketones (excluding diaryl/α,β-unsaturated/α-hetero) is 1. The number of aliphatic hydroxyl groups is 1. The molecule has 2 aliphatic heterocycles. The zero-order valence-corrected chi connectivity index (χ0v) is 21.8. The van der Waals surface area contributed by atoms with Gasteiger partial charge in [-0.2, -0.15) is 0 Å². The lowest BCUT2D eigenvalue weighted by Crippen LogP contribution is -2.29. The Labute approximate surface area is 231 Å². The van der Waals surface area contributed by atoms with Crippen LogP contribution in [0.3, 0.4) is 0 Å². The molecule has 3 aromatic carbocycles. The molecule has 202 valence electrons. The molecule has 0 radical (unpaired) electrons. The van der Waals surface area contributed by atoms with Gasteiger partial charge < -0.3 is 19.3 Å². The molecule has 1 N–H and O–H groups in total. The van der Waals surface area contributed by atoms with Gasteiger partial charge in [0.15, 0.2) is 16.6 Å². The molecule has 1 atom stereocenters. The molecule has 11 nitrogen and oxygen atoms in total. The quantitative estimate of drug-likeness (QED) is 0.114. The fraction of sp³-hybridized carbons (Fsp3) is 0.179. The van der Waals surface area contributed by atoms with Gasteiger partial charge in [-0.25, -0.2) is 4.98 Å². The summed E-state index contributed by atoms with van der Waals surface area (Å²) in [6, 6.07) is 14.4. The average molecular weight is 560 g/mol. The number of nitro benzene ring substituents is 1. The summed E-state index contributed by atoms with van der Waals surface area (Å²) in [6.45, 7) is 3.03. The number of fused-ring (bicyclic) bond motifs is 2. The molecular weight excluding hydrogens is 538 g/mol. The number of aliphatic hydroxyl groups excluding tert-OH is 1. The molecule has 1 fully saturated rings. The van der Waals surface area contributed by atoms with E-state index < -0.39 is 28.4 Å². The van der Waals surface area contributed by atoms with Gasteiger partial charge in [-0.05, 0) is 48.9 Å². The van der Waals surface area contributed by atoms with E-state index in [1.165, 1.54) is 29.2 Å². The predicted molar refractivity (Wildman–Crippen MR) is 146 cm³/mol. The van der Waals surface area contributed by atoms with Crippen LogP contribution in [0.5, 0.6) is 17.2 Å². The van der Waals surface area contributed by atoms with Crippen LogP contribution >= 0.6 is 11.3 Å². The molecule has 0 bridgehead atoms. The number of thiazole rings is 1. The number of nitrogens with zero attached hydrogens (tertiary/aromatic N) is 3.